The van der Waals surface area contributed by atoms with Gasteiger partial charge in [-0.3, -0.25) is 4.68 Å². The molecule has 0 radical (unpaired) electrons. The molecule has 1 aromatic carbocycles. The van der Waals surface area contributed by atoms with E-state index in [1.165, 1.54) is 11.3 Å². The van der Waals surface area contributed by atoms with Crippen LogP contribution in [-0.4, -0.2) is 16.4 Å². The van der Waals surface area contributed by atoms with Gasteiger partial charge in [0.2, 0.25) is 0 Å². The first-order chi connectivity index (χ1) is 9.58. The molecule has 0 fully saturated rings. The molecule has 1 aliphatic heterocycles. The van der Waals surface area contributed by atoms with E-state index in [2.05, 4.69) is 36.4 Å². The predicted octanol–water partition coefficient (Wildman–Crippen LogP) is 3.22. The minimum atomic E-state index is 0.265. The Morgan fingerprint density at radius 1 is 1.30 bits per heavy atom. The van der Waals surface area contributed by atoms with Crippen LogP contribution in [-0.2, 0) is 7.05 Å². The molecule has 1 aliphatic rings. The lowest BCUT2D eigenvalue weighted by atomic mass is 9.91. The molecule has 20 heavy (non-hydrogen) atoms. The minimum Gasteiger partial charge on any atom is -0.493 e. The number of aromatic nitrogens is 2. The van der Waals surface area contributed by atoms with E-state index < -0.39 is 0 Å². The molecule has 4 heteroatoms. The van der Waals surface area contributed by atoms with Gasteiger partial charge in [-0.15, -0.1) is 0 Å². The summed E-state index contributed by atoms with van der Waals surface area (Å²) in [6, 6.07) is 8.54. The quantitative estimate of drug-likeness (QED) is 0.911. The minimum absolute atomic E-state index is 0.265. The van der Waals surface area contributed by atoms with Gasteiger partial charge in [0.1, 0.15) is 5.75 Å². The lowest BCUT2D eigenvalue weighted by molar-refractivity contribution is 0.214. The fraction of sp³-hybridized carbons (Fsp3) is 0.438. The number of ether oxygens (including phenoxy) is 1. The number of hydrogen-bond donors (Lipinski definition) is 1. The molecule has 2 atom stereocenters. The molecule has 0 saturated heterocycles. The molecule has 0 aliphatic carbocycles. The highest BCUT2D eigenvalue weighted by atomic mass is 16.5. The largest absolute Gasteiger partial charge is 0.493 e. The molecule has 2 heterocycles. The molecule has 0 saturated carbocycles. The average Bonchev–Trinajstić information content (AvgIpc) is 2.68. The molecule has 1 aromatic heterocycles. The summed E-state index contributed by atoms with van der Waals surface area (Å²) in [6.07, 6.45) is 0. The van der Waals surface area contributed by atoms with E-state index in [4.69, 9.17) is 4.74 Å². The number of fused-ring (bicyclic) bond motifs is 1. The maximum absolute atomic E-state index is 5.81. The number of para-hydroxylation sites is 1. The molecular weight excluding hydrogens is 250 g/mol. The highest BCUT2D eigenvalue weighted by molar-refractivity contribution is 5.55. The van der Waals surface area contributed by atoms with Crippen molar-refractivity contribution in [2.24, 2.45) is 13.0 Å². The van der Waals surface area contributed by atoms with E-state index >= 15 is 0 Å². The summed E-state index contributed by atoms with van der Waals surface area (Å²) in [6.45, 7) is 7.10. The first-order valence-corrected chi connectivity index (χ1v) is 7.06. The highest BCUT2D eigenvalue weighted by Gasteiger charge is 2.28. The van der Waals surface area contributed by atoms with E-state index in [9.17, 15) is 0 Å². The second kappa shape index (κ2) is 4.85. The summed E-state index contributed by atoms with van der Waals surface area (Å²) in [4.78, 5) is 0. The Bertz CT molecular complexity index is 633. The first-order valence-electron chi connectivity index (χ1n) is 7.06. The zero-order valence-electron chi connectivity index (χ0n) is 12.5. The van der Waals surface area contributed by atoms with Crippen molar-refractivity contribution < 1.29 is 4.74 Å². The molecule has 0 spiro atoms. The van der Waals surface area contributed by atoms with Crippen LogP contribution >= 0.6 is 0 Å². The van der Waals surface area contributed by atoms with Crippen molar-refractivity contribution in [2.75, 3.05) is 11.9 Å². The second-order valence-corrected chi connectivity index (χ2v) is 5.62. The molecule has 2 aromatic rings. The van der Waals surface area contributed by atoms with Crippen molar-refractivity contribution >= 4 is 5.69 Å². The monoisotopic (exact) mass is 271 g/mol. The summed E-state index contributed by atoms with van der Waals surface area (Å²) >= 11 is 0. The normalized spacial score (nSPS) is 21.2. The van der Waals surface area contributed by atoms with E-state index in [-0.39, 0.29) is 6.04 Å². The van der Waals surface area contributed by atoms with Crippen LogP contribution in [0.1, 0.15) is 29.9 Å². The molecule has 3 rings (SSSR count). The van der Waals surface area contributed by atoms with Crippen LogP contribution in [0.25, 0.3) is 0 Å². The van der Waals surface area contributed by atoms with E-state index in [1.54, 1.807) is 0 Å². The summed E-state index contributed by atoms with van der Waals surface area (Å²) in [5, 5.41) is 8.16. The third-order valence-electron chi connectivity index (χ3n) is 4.13. The van der Waals surface area contributed by atoms with Crippen LogP contribution in [0, 0.1) is 19.8 Å². The zero-order valence-corrected chi connectivity index (χ0v) is 12.5. The van der Waals surface area contributed by atoms with Gasteiger partial charge in [0.15, 0.2) is 0 Å². The number of nitrogens with one attached hydrogen (secondary N) is 1. The molecular formula is C16H21N3O. The molecule has 106 valence electrons. The van der Waals surface area contributed by atoms with Crippen LogP contribution in [0.15, 0.2) is 24.3 Å². The van der Waals surface area contributed by atoms with Crippen molar-refractivity contribution in [2.45, 2.75) is 26.8 Å². The number of rotatable bonds is 2. The van der Waals surface area contributed by atoms with Crippen molar-refractivity contribution in [3.05, 3.63) is 41.2 Å². The van der Waals surface area contributed by atoms with Gasteiger partial charge in [-0.1, -0.05) is 25.1 Å². The van der Waals surface area contributed by atoms with Gasteiger partial charge in [-0.25, -0.2) is 0 Å². The van der Waals surface area contributed by atoms with Gasteiger partial charge in [0.25, 0.3) is 0 Å². The average molecular weight is 271 g/mol. The van der Waals surface area contributed by atoms with Crippen molar-refractivity contribution in [3.8, 4) is 5.75 Å². The van der Waals surface area contributed by atoms with Gasteiger partial charge in [0, 0.05) is 18.5 Å². The highest BCUT2D eigenvalue weighted by Crippen LogP contribution is 2.38. The summed E-state index contributed by atoms with van der Waals surface area (Å²) < 4.78 is 7.73. The van der Waals surface area contributed by atoms with Gasteiger partial charge < -0.3 is 10.1 Å². The molecule has 1 N–H and O–H groups in total. The van der Waals surface area contributed by atoms with Crippen molar-refractivity contribution in [3.63, 3.8) is 0 Å². The smallest absolute Gasteiger partial charge is 0.124 e. The van der Waals surface area contributed by atoms with E-state index in [0.29, 0.717) is 5.92 Å². The summed E-state index contributed by atoms with van der Waals surface area (Å²) in [5.74, 6) is 1.41. The van der Waals surface area contributed by atoms with Crippen molar-refractivity contribution in [1.82, 2.24) is 9.78 Å². The third kappa shape index (κ3) is 2.05. The fourth-order valence-electron chi connectivity index (χ4n) is 2.85. The molecule has 0 amide bonds. The maximum atomic E-state index is 5.81. The lowest BCUT2D eigenvalue weighted by Crippen LogP contribution is -2.29. The van der Waals surface area contributed by atoms with E-state index in [0.717, 1.165) is 23.7 Å². The Hall–Kier alpha value is -1.97. The SMILES string of the molecule is Cc1nn(C)c(C)c1NC1c2ccccc2OCC1C. The van der Waals surface area contributed by atoms with Crippen LogP contribution in [0.3, 0.4) is 0 Å². The number of benzene rings is 1. The first kappa shape index (κ1) is 13.0. The van der Waals surface area contributed by atoms with Crippen molar-refractivity contribution in [1.29, 1.82) is 0 Å². The maximum Gasteiger partial charge on any atom is 0.124 e. The van der Waals surface area contributed by atoms with Gasteiger partial charge in [-0.05, 0) is 19.9 Å². The number of hydrogen-bond acceptors (Lipinski definition) is 3. The molecule has 0 bridgehead atoms. The molecule has 4 nitrogen and oxygen atoms in total. The van der Waals surface area contributed by atoms with Crippen LogP contribution in [0.5, 0.6) is 5.75 Å². The predicted molar refractivity (Wildman–Crippen MR) is 80.1 cm³/mol. The summed E-state index contributed by atoms with van der Waals surface area (Å²) in [5.41, 5.74) is 4.58. The second-order valence-electron chi connectivity index (χ2n) is 5.62. The Morgan fingerprint density at radius 2 is 2.05 bits per heavy atom. The Labute approximate surface area is 119 Å². The van der Waals surface area contributed by atoms with E-state index in [1.807, 2.05) is 30.8 Å². The Morgan fingerprint density at radius 3 is 2.75 bits per heavy atom. The standard InChI is InChI=1S/C16H21N3O/c1-10-9-20-14-8-6-5-7-13(14)15(10)17-16-11(2)18-19(4)12(16)3/h5-8,10,15,17H,9H2,1-4H3. The fourth-order valence-corrected chi connectivity index (χ4v) is 2.85. The number of aryl methyl sites for hydroxylation is 2. The van der Waals surface area contributed by atoms with Crippen LogP contribution in [0.4, 0.5) is 5.69 Å². The zero-order chi connectivity index (χ0) is 14.3. The Balaban J connectivity index is 1.98. The molecule has 2 unspecified atom stereocenters. The van der Waals surface area contributed by atoms with Crippen LogP contribution < -0.4 is 10.1 Å². The third-order valence-corrected chi connectivity index (χ3v) is 4.13. The summed E-state index contributed by atoms with van der Waals surface area (Å²) in [7, 11) is 1.98. The number of anilines is 1. The van der Waals surface area contributed by atoms with Gasteiger partial charge >= 0.3 is 0 Å². The number of nitrogens with zero attached hydrogens (tertiary/aromatic N) is 2. The van der Waals surface area contributed by atoms with Crippen LogP contribution in [0.2, 0.25) is 0 Å². The van der Waals surface area contributed by atoms with Gasteiger partial charge in [-0.2, -0.15) is 5.10 Å². The lowest BCUT2D eigenvalue weighted by Gasteiger charge is -2.32. The Kier molecular flexibility index (Phi) is 3.16. The van der Waals surface area contributed by atoms with Gasteiger partial charge in [0.05, 0.1) is 29.7 Å². The topological polar surface area (TPSA) is 39.1 Å².